The van der Waals surface area contributed by atoms with E-state index in [4.69, 9.17) is 23.2 Å². The minimum atomic E-state index is -0.263. The monoisotopic (exact) mass is 398 g/mol. The molecule has 0 fully saturated rings. The van der Waals surface area contributed by atoms with E-state index < -0.39 is 0 Å². The molecule has 0 aliphatic carbocycles. The molecule has 1 unspecified atom stereocenters. The zero-order valence-corrected chi connectivity index (χ0v) is 15.8. The number of amides is 1. The van der Waals surface area contributed by atoms with E-state index >= 15 is 0 Å². The highest BCUT2D eigenvalue weighted by atomic mass is 35.5. The van der Waals surface area contributed by atoms with E-state index in [0.717, 1.165) is 5.69 Å². The molecule has 134 valence electrons. The summed E-state index contributed by atoms with van der Waals surface area (Å²) < 4.78 is 0.175. The van der Waals surface area contributed by atoms with E-state index in [0.29, 0.717) is 27.4 Å². The van der Waals surface area contributed by atoms with Gasteiger partial charge in [0.25, 0.3) is 11.7 Å². The highest BCUT2D eigenvalue weighted by molar-refractivity contribution is 6.37. The van der Waals surface area contributed by atoms with Crippen LogP contribution in [0.1, 0.15) is 0 Å². The number of aromatic nitrogens is 1. The van der Waals surface area contributed by atoms with Crippen molar-refractivity contribution >= 4 is 52.5 Å². The summed E-state index contributed by atoms with van der Waals surface area (Å²) in [5, 5.41) is 1.00. The standard InChI is InChI=1S/C19H14Cl2N5O/c1-25(14-4-7-17(21)24-10-14)19(27)16-12-26(9-8-22-18(26)11-23-16)15-5-2-13(20)3-6-15/h2-12H,1H3/q+1. The Hall–Kier alpha value is -2.80. The molecule has 2 aromatic rings. The Morgan fingerprint density at radius 2 is 1.89 bits per heavy atom. The van der Waals surface area contributed by atoms with Gasteiger partial charge in [-0.3, -0.25) is 4.79 Å². The molecule has 4 rings (SSSR count). The Labute approximate surface area is 166 Å². The minimum Gasteiger partial charge on any atom is -0.308 e. The van der Waals surface area contributed by atoms with E-state index in [-0.39, 0.29) is 10.4 Å². The number of rotatable bonds is 3. The number of fused-ring (bicyclic) bond motifs is 1. The lowest BCUT2D eigenvalue weighted by molar-refractivity contribution is -0.114. The average Bonchev–Trinajstić information content (AvgIpc) is 3.12. The number of pyridine rings is 1. The van der Waals surface area contributed by atoms with Gasteiger partial charge in [-0.25, -0.2) is 9.98 Å². The second kappa shape index (κ2) is 6.74. The average molecular weight is 399 g/mol. The van der Waals surface area contributed by atoms with Gasteiger partial charge in [-0.05, 0) is 24.3 Å². The lowest BCUT2D eigenvalue weighted by atomic mass is 10.2. The number of carbonyl (C=O) groups is 1. The lowest BCUT2D eigenvalue weighted by Crippen LogP contribution is -2.46. The topological polar surface area (TPSA) is 57.9 Å². The molecular weight excluding hydrogens is 385 g/mol. The number of aliphatic imine (C=N–C) groups is 2. The number of hydrogen-bond acceptors (Lipinski definition) is 4. The quantitative estimate of drug-likeness (QED) is 0.575. The van der Waals surface area contributed by atoms with Crippen LogP contribution in [0.2, 0.25) is 10.2 Å². The molecule has 1 amide bonds. The summed E-state index contributed by atoms with van der Waals surface area (Å²) in [5.41, 5.74) is 1.82. The molecule has 0 spiro atoms. The molecule has 3 heterocycles. The van der Waals surface area contributed by atoms with Crippen LogP contribution in [0.25, 0.3) is 0 Å². The van der Waals surface area contributed by atoms with E-state index in [2.05, 4.69) is 15.0 Å². The highest BCUT2D eigenvalue weighted by Gasteiger charge is 2.40. The smallest absolute Gasteiger partial charge is 0.282 e. The Balaban J connectivity index is 1.72. The van der Waals surface area contributed by atoms with Crippen LogP contribution in [-0.2, 0) is 4.79 Å². The molecule has 0 saturated carbocycles. The molecule has 0 bridgehead atoms. The van der Waals surface area contributed by atoms with Crippen LogP contribution in [0.3, 0.4) is 0 Å². The zero-order valence-electron chi connectivity index (χ0n) is 14.3. The minimum absolute atomic E-state index is 0.175. The van der Waals surface area contributed by atoms with Crippen molar-refractivity contribution in [2.24, 2.45) is 9.98 Å². The normalized spacial score (nSPS) is 20.1. The van der Waals surface area contributed by atoms with Crippen molar-refractivity contribution in [1.29, 1.82) is 0 Å². The first-order chi connectivity index (χ1) is 13.0. The molecule has 8 heteroatoms. The van der Waals surface area contributed by atoms with E-state index in [1.807, 2.05) is 18.3 Å². The van der Waals surface area contributed by atoms with Crippen LogP contribution in [-0.4, -0.2) is 30.0 Å². The Bertz CT molecular complexity index is 1030. The van der Waals surface area contributed by atoms with Crippen LogP contribution in [0.15, 0.2) is 76.9 Å². The number of anilines is 1. The molecule has 0 saturated heterocycles. The maximum atomic E-state index is 13.0. The fourth-order valence-corrected chi connectivity index (χ4v) is 3.16. The molecule has 27 heavy (non-hydrogen) atoms. The molecular formula is C19H14Cl2N5O+. The van der Waals surface area contributed by atoms with Gasteiger partial charge in [-0.1, -0.05) is 23.2 Å². The molecule has 2 aliphatic heterocycles. The van der Waals surface area contributed by atoms with Crippen LogP contribution < -0.4 is 9.38 Å². The summed E-state index contributed by atoms with van der Waals surface area (Å²) >= 11 is 11.8. The van der Waals surface area contributed by atoms with Gasteiger partial charge < -0.3 is 4.90 Å². The number of benzene rings is 1. The van der Waals surface area contributed by atoms with Gasteiger partial charge in [-0.2, -0.15) is 9.48 Å². The SMILES string of the molecule is CN(C(=O)C1=C[N+]2(c3ccc(Cl)cc3)C=CN=C2C=N1)c1ccc(Cl)nc1. The predicted octanol–water partition coefficient (Wildman–Crippen LogP) is 4.17. The van der Waals surface area contributed by atoms with E-state index in [1.54, 1.807) is 56.1 Å². The maximum Gasteiger partial charge on any atom is 0.282 e. The van der Waals surface area contributed by atoms with Crippen LogP contribution in [0.5, 0.6) is 0 Å². The number of amidine groups is 1. The van der Waals surface area contributed by atoms with Crippen molar-refractivity contribution in [1.82, 2.24) is 9.47 Å². The second-order valence-corrected chi connectivity index (χ2v) is 6.84. The Morgan fingerprint density at radius 3 is 2.59 bits per heavy atom. The maximum absolute atomic E-state index is 13.0. The van der Waals surface area contributed by atoms with Gasteiger partial charge in [0.1, 0.15) is 29.5 Å². The molecule has 1 aromatic heterocycles. The van der Waals surface area contributed by atoms with Gasteiger partial charge in [0, 0.05) is 24.2 Å². The summed E-state index contributed by atoms with van der Waals surface area (Å²) in [6.07, 6.45) is 8.51. The summed E-state index contributed by atoms with van der Waals surface area (Å²) in [4.78, 5) is 27.2. The van der Waals surface area contributed by atoms with E-state index in [1.165, 1.54) is 4.90 Å². The lowest BCUT2D eigenvalue weighted by Gasteiger charge is -2.29. The number of carbonyl (C=O) groups excluding carboxylic acids is 1. The van der Waals surface area contributed by atoms with Crippen LogP contribution >= 0.6 is 23.2 Å². The van der Waals surface area contributed by atoms with Gasteiger partial charge in [-0.15, -0.1) is 0 Å². The highest BCUT2D eigenvalue weighted by Crippen LogP contribution is 2.33. The Kier molecular flexibility index (Phi) is 4.39. The van der Waals surface area contributed by atoms with Crippen molar-refractivity contribution in [3.8, 4) is 0 Å². The summed E-state index contributed by atoms with van der Waals surface area (Å²) in [6.45, 7) is 0. The van der Waals surface area contributed by atoms with E-state index in [9.17, 15) is 4.79 Å². The van der Waals surface area contributed by atoms with Crippen LogP contribution in [0.4, 0.5) is 11.4 Å². The first-order valence-corrected chi connectivity index (χ1v) is 8.82. The molecule has 1 atom stereocenters. The van der Waals surface area contributed by atoms with Crippen molar-refractivity contribution in [3.05, 3.63) is 77.1 Å². The summed E-state index contributed by atoms with van der Waals surface area (Å²) in [6, 6.07) is 10.8. The fourth-order valence-electron chi connectivity index (χ4n) is 2.92. The van der Waals surface area contributed by atoms with Crippen molar-refractivity contribution in [2.45, 2.75) is 0 Å². The number of quaternary nitrogens is 1. The third-order valence-corrected chi connectivity index (χ3v) is 4.88. The molecule has 1 aromatic carbocycles. The molecule has 0 N–H and O–H groups in total. The second-order valence-electron chi connectivity index (χ2n) is 6.01. The molecule has 6 nitrogen and oxygen atoms in total. The van der Waals surface area contributed by atoms with Gasteiger partial charge >= 0.3 is 0 Å². The molecule has 0 radical (unpaired) electrons. The number of nitrogens with zero attached hydrogens (tertiary/aromatic N) is 5. The fraction of sp³-hybridized carbons (Fsp3) is 0.0526. The van der Waals surface area contributed by atoms with Gasteiger partial charge in [0.2, 0.25) is 0 Å². The number of hydrogen-bond donors (Lipinski definition) is 0. The van der Waals surface area contributed by atoms with Crippen LogP contribution in [0, 0.1) is 0 Å². The first kappa shape index (κ1) is 17.6. The summed E-state index contributed by atoms with van der Waals surface area (Å²) in [5.74, 6) is 0.436. The predicted molar refractivity (Wildman–Crippen MR) is 109 cm³/mol. The first-order valence-electron chi connectivity index (χ1n) is 8.07. The van der Waals surface area contributed by atoms with Gasteiger partial charge in [0.05, 0.1) is 18.1 Å². The van der Waals surface area contributed by atoms with Crippen molar-refractivity contribution < 1.29 is 4.79 Å². The van der Waals surface area contributed by atoms with Crippen molar-refractivity contribution in [2.75, 3.05) is 11.9 Å². The summed E-state index contributed by atoms with van der Waals surface area (Å²) in [7, 11) is 1.67. The molecule has 2 aliphatic rings. The van der Waals surface area contributed by atoms with Crippen molar-refractivity contribution in [3.63, 3.8) is 0 Å². The zero-order chi connectivity index (χ0) is 19.0. The van der Waals surface area contributed by atoms with Gasteiger partial charge in [0.15, 0.2) is 5.70 Å². The number of halogens is 2. The third kappa shape index (κ3) is 3.08. The largest absolute Gasteiger partial charge is 0.308 e. The number of likely N-dealkylation sites (N-methyl/N-ethyl adjacent to an activating group) is 1. The Morgan fingerprint density at radius 1 is 1.11 bits per heavy atom. The third-order valence-electron chi connectivity index (χ3n) is 4.41.